The molecule has 0 fully saturated rings. The molecule has 2 heterocycles. The number of hydrogen-bond acceptors (Lipinski definition) is 3. The number of nitrogens with one attached hydrogen (secondary N) is 1. The van der Waals surface area contributed by atoms with Crippen LogP contribution in [0.15, 0.2) is 71.6 Å². The van der Waals surface area contributed by atoms with Gasteiger partial charge in [-0.15, -0.1) is 0 Å². The number of amides is 1. The van der Waals surface area contributed by atoms with Crippen LogP contribution in [-0.2, 0) is 17.8 Å². The predicted octanol–water partition coefficient (Wildman–Crippen LogP) is 2.90. The van der Waals surface area contributed by atoms with Crippen molar-refractivity contribution in [2.45, 2.75) is 13.0 Å². The maximum Gasteiger partial charge on any atom is 0.244 e. The molecule has 1 aromatic carbocycles. The van der Waals surface area contributed by atoms with Gasteiger partial charge in [0.2, 0.25) is 5.91 Å². The lowest BCUT2D eigenvalue weighted by atomic mass is 10.2. The van der Waals surface area contributed by atoms with Crippen LogP contribution in [0.4, 0.5) is 0 Å². The van der Waals surface area contributed by atoms with Crippen molar-refractivity contribution in [3.8, 4) is 0 Å². The summed E-state index contributed by atoms with van der Waals surface area (Å²) in [5.74, 6) is 1.46. The number of nitrogens with zero attached hydrogens (tertiary/aromatic N) is 2. The molecular weight excluding hydrogens is 302 g/mol. The van der Waals surface area contributed by atoms with E-state index in [0.717, 1.165) is 12.4 Å². The van der Waals surface area contributed by atoms with Crippen molar-refractivity contribution < 1.29 is 9.21 Å². The Hall–Kier alpha value is -3.08. The molecule has 0 unspecified atom stereocenters. The second kappa shape index (κ2) is 7.97. The Morgan fingerprint density at radius 1 is 1.21 bits per heavy atom. The Bertz CT molecular complexity index is 789. The van der Waals surface area contributed by atoms with Crippen molar-refractivity contribution in [2.24, 2.45) is 0 Å². The molecule has 0 saturated carbocycles. The first kappa shape index (κ1) is 15.8. The first-order chi connectivity index (χ1) is 11.8. The van der Waals surface area contributed by atoms with Gasteiger partial charge in [0.25, 0.3) is 0 Å². The monoisotopic (exact) mass is 321 g/mol. The van der Waals surface area contributed by atoms with Gasteiger partial charge in [-0.05, 0) is 23.8 Å². The molecule has 3 rings (SSSR count). The molecule has 24 heavy (non-hydrogen) atoms. The van der Waals surface area contributed by atoms with Gasteiger partial charge in [0.1, 0.15) is 11.6 Å². The van der Waals surface area contributed by atoms with Crippen molar-refractivity contribution in [3.05, 3.63) is 84.3 Å². The van der Waals surface area contributed by atoms with Gasteiger partial charge in [0.15, 0.2) is 0 Å². The molecule has 1 N–H and O–H groups in total. The fraction of sp³-hybridized carbons (Fsp3) is 0.158. The Morgan fingerprint density at radius 2 is 2.08 bits per heavy atom. The van der Waals surface area contributed by atoms with Crippen LogP contribution in [0.3, 0.4) is 0 Å². The van der Waals surface area contributed by atoms with Crippen LogP contribution in [0.2, 0.25) is 0 Å². The van der Waals surface area contributed by atoms with E-state index in [0.29, 0.717) is 18.7 Å². The summed E-state index contributed by atoms with van der Waals surface area (Å²) in [4.78, 5) is 16.2. The largest absolute Gasteiger partial charge is 0.465 e. The van der Waals surface area contributed by atoms with E-state index >= 15 is 0 Å². The third-order valence-electron chi connectivity index (χ3n) is 3.59. The summed E-state index contributed by atoms with van der Waals surface area (Å²) in [6.07, 6.45) is 9.11. The topological polar surface area (TPSA) is 60.1 Å². The fourth-order valence-corrected chi connectivity index (χ4v) is 2.39. The number of furan rings is 1. The second-order valence-electron chi connectivity index (χ2n) is 5.35. The number of hydrogen-bond donors (Lipinski definition) is 1. The van der Waals surface area contributed by atoms with Crippen LogP contribution in [0.25, 0.3) is 6.08 Å². The maximum atomic E-state index is 11.8. The highest BCUT2D eigenvalue weighted by Crippen LogP contribution is 2.06. The maximum absolute atomic E-state index is 11.8. The summed E-state index contributed by atoms with van der Waals surface area (Å²) in [5, 5.41) is 2.85. The molecule has 2 aromatic heterocycles. The standard InChI is InChI=1S/C19H19N3O2/c23-19(9-8-17-7-4-14-24-17)21-11-10-18-20-12-13-22(18)15-16-5-2-1-3-6-16/h1-9,12-14H,10-11,15H2,(H,21,23)/b9-8+. The highest BCUT2D eigenvalue weighted by molar-refractivity contribution is 5.91. The van der Waals surface area contributed by atoms with Crippen molar-refractivity contribution in [1.29, 1.82) is 0 Å². The molecule has 0 saturated heterocycles. The van der Waals surface area contributed by atoms with Crippen LogP contribution in [-0.4, -0.2) is 22.0 Å². The predicted molar refractivity (Wildman–Crippen MR) is 92.2 cm³/mol. The van der Waals surface area contributed by atoms with Crippen molar-refractivity contribution in [3.63, 3.8) is 0 Å². The summed E-state index contributed by atoms with van der Waals surface area (Å²) in [5.41, 5.74) is 1.22. The third-order valence-corrected chi connectivity index (χ3v) is 3.59. The first-order valence-electron chi connectivity index (χ1n) is 7.84. The highest BCUT2D eigenvalue weighted by Gasteiger charge is 2.04. The Morgan fingerprint density at radius 3 is 2.88 bits per heavy atom. The van der Waals surface area contributed by atoms with Gasteiger partial charge in [0, 0.05) is 38.0 Å². The molecule has 5 heteroatoms. The minimum absolute atomic E-state index is 0.146. The van der Waals surface area contributed by atoms with E-state index in [-0.39, 0.29) is 5.91 Å². The molecule has 0 aliphatic rings. The molecule has 0 bridgehead atoms. The molecule has 0 atom stereocenters. The SMILES string of the molecule is O=C(/C=C/c1ccco1)NCCc1nccn1Cc1ccccc1. The molecule has 0 spiro atoms. The lowest BCUT2D eigenvalue weighted by Gasteiger charge is -2.08. The highest BCUT2D eigenvalue weighted by atomic mass is 16.3. The normalized spacial score (nSPS) is 11.0. The van der Waals surface area contributed by atoms with Gasteiger partial charge in [-0.3, -0.25) is 4.79 Å². The van der Waals surface area contributed by atoms with Crippen molar-refractivity contribution in [1.82, 2.24) is 14.9 Å². The van der Waals surface area contributed by atoms with Gasteiger partial charge in [0.05, 0.1) is 6.26 Å². The van der Waals surface area contributed by atoms with E-state index in [9.17, 15) is 4.79 Å². The molecule has 1 amide bonds. The first-order valence-corrected chi connectivity index (χ1v) is 7.84. The Labute approximate surface area is 140 Å². The summed E-state index contributed by atoms with van der Waals surface area (Å²) in [6.45, 7) is 1.32. The molecule has 0 aliphatic carbocycles. The number of carbonyl (C=O) groups excluding carboxylic acids is 1. The van der Waals surface area contributed by atoms with Gasteiger partial charge >= 0.3 is 0 Å². The van der Waals surface area contributed by atoms with E-state index in [4.69, 9.17) is 4.42 Å². The van der Waals surface area contributed by atoms with E-state index in [2.05, 4.69) is 27.0 Å². The van der Waals surface area contributed by atoms with E-state index in [1.54, 1.807) is 30.7 Å². The molecule has 0 radical (unpaired) electrons. The molecule has 122 valence electrons. The third kappa shape index (κ3) is 4.46. The van der Waals surface area contributed by atoms with Gasteiger partial charge in [-0.2, -0.15) is 0 Å². The Balaban J connectivity index is 1.49. The van der Waals surface area contributed by atoms with E-state index < -0.39 is 0 Å². The number of rotatable bonds is 7. The van der Waals surface area contributed by atoms with Crippen LogP contribution in [0.5, 0.6) is 0 Å². The zero-order chi connectivity index (χ0) is 16.6. The molecule has 5 nitrogen and oxygen atoms in total. The van der Waals surface area contributed by atoms with Gasteiger partial charge < -0.3 is 14.3 Å². The zero-order valence-electron chi connectivity index (χ0n) is 13.3. The smallest absolute Gasteiger partial charge is 0.244 e. The summed E-state index contributed by atoms with van der Waals surface area (Å²) in [6, 6.07) is 13.8. The van der Waals surface area contributed by atoms with Crippen molar-refractivity contribution in [2.75, 3.05) is 6.54 Å². The van der Waals surface area contributed by atoms with Crippen LogP contribution >= 0.6 is 0 Å². The van der Waals surface area contributed by atoms with E-state index in [1.165, 1.54) is 11.6 Å². The van der Waals surface area contributed by atoms with Crippen LogP contribution in [0.1, 0.15) is 17.1 Å². The van der Waals surface area contributed by atoms with Crippen LogP contribution in [0, 0.1) is 0 Å². The lowest BCUT2D eigenvalue weighted by molar-refractivity contribution is -0.116. The molecule has 3 aromatic rings. The van der Waals surface area contributed by atoms with Gasteiger partial charge in [-0.25, -0.2) is 4.98 Å². The molecular formula is C19H19N3O2. The number of imidazole rings is 1. The zero-order valence-corrected chi connectivity index (χ0v) is 13.3. The number of aromatic nitrogens is 2. The average molecular weight is 321 g/mol. The lowest BCUT2D eigenvalue weighted by Crippen LogP contribution is -2.24. The average Bonchev–Trinajstić information content (AvgIpc) is 3.26. The number of benzene rings is 1. The summed E-state index contributed by atoms with van der Waals surface area (Å²) in [7, 11) is 0. The van der Waals surface area contributed by atoms with E-state index in [1.807, 2.05) is 24.4 Å². The van der Waals surface area contributed by atoms with Gasteiger partial charge in [-0.1, -0.05) is 30.3 Å². The summed E-state index contributed by atoms with van der Waals surface area (Å²) < 4.78 is 7.24. The van der Waals surface area contributed by atoms with Crippen LogP contribution < -0.4 is 5.32 Å². The minimum Gasteiger partial charge on any atom is -0.465 e. The quantitative estimate of drug-likeness (QED) is 0.681. The number of carbonyl (C=O) groups is 1. The Kier molecular flexibility index (Phi) is 5.24. The second-order valence-corrected chi connectivity index (χ2v) is 5.35. The minimum atomic E-state index is -0.146. The van der Waals surface area contributed by atoms with Crippen molar-refractivity contribution >= 4 is 12.0 Å². The fourth-order valence-electron chi connectivity index (χ4n) is 2.39. The summed E-state index contributed by atoms with van der Waals surface area (Å²) >= 11 is 0. The molecule has 0 aliphatic heterocycles.